The van der Waals surface area contributed by atoms with Gasteiger partial charge in [0.2, 0.25) is 0 Å². The molecule has 0 amide bonds. The molecule has 0 atom stereocenters. The van der Waals surface area contributed by atoms with Crippen LogP contribution in [0.4, 0.5) is 0 Å². The van der Waals surface area contributed by atoms with E-state index < -0.39 is 14.6 Å². The van der Waals surface area contributed by atoms with Crippen molar-refractivity contribution in [3.8, 4) is 12.3 Å². The summed E-state index contributed by atoms with van der Waals surface area (Å²) in [6.45, 7) is 2.86. The van der Waals surface area contributed by atoms with Gasteiger partial charge in [0, 0.05) is 19.1 Å². The molecule has 3 nitrogen and oxygen atoms in total. The molecule has 0 heterocycles. The average molecular weight is 216 g/mol. The lowest BCUT2D eigenvalue weighted by Gasteiger charge is -2.20. The SMILES string of the molecule is C#CCCCC(=O)C(C)(C)S(C)(=O)=O. The summed E-state index contributed by atoms with van der Waals surface area (Å²) in [6, 6.07) is 0. The molecule has 80 valence electrons. The van der Waals surface area contributed by atoms with Crippen LogP contribution >= 0.6 is 0 Å². The van der Waals surface area contributed by atoms with Gasteiger partial charge in [0.15, 0.2) is 15.6 Å². The van der Waals surface area contributed by atoms with Crippen LogP contribution in [0.15, 0.2) is 0 Å². The molecule has 0 bridgehead atoms. The zero-order chi connectivity index (χ0) is 11.4. The van der Waals surface area contributed by atoms with Gasteiger partial charge in [0.1, 0.15) is 4.75 Å². The number of hydrogen-bond acceptors (Lipinski definition) is 3. The summed E-state index contributed by atoms with van der Waals surface area (Å²) in [7, 11) is -3.34. The summed E-state index contributed by atoms with van der Waals surface area (Å²) in [5.41, 5.74) is 0. The first kappa shape index (κ1) is 13.2. The van der Waals surface area contributed by atoms with Crippen LogP contribution in [0.1, 0.15) is 33.1 Å². The highest BCUT2D eigenvalue weighted by molar-refractivity contribution is 7.92. The van der Waals surface area contributed by atoms with Gasteiger partial charge in [-0.3, -0.25) is 4.79 Å². The summed E-state index contributed by atoms with van der Waals surface area (Å²) in [5.74, 6) is 2.14. The Morgan fingerprint density at radius 1 is 1.43 bits per heavy atom. The van der Waals surface area contributed by atoms with Gasteiger partial charge in [-0.2, -0.15) is 0 Å². The Balaban J connectivity index is 4.48. The molecule has 0 aliphatic carbocycles. The van der Waals surface area contributed by atoms with Gasteiger partial charge in [-0.15, -0.1) is 12.3 Å². The second kappa shape index (κ2) is 4.61. The van der Waals surface area contributed by atoms with Gasteiger partial charge in [-0.05, 0) is 20.3 Å². The highest BCUT2D eigenvalue weighted by Gasteiger charge is 2.37. The van der Waals surface area contributed by atoms with Crippen LogP contribution in [0.2, 0.25) is 0 Å². The molecule has 14 heavy (non-hydrogen) atoms. The second-order valence-electron chi connectivity index (χ2n) is 3.76. The standard InChI is InChI=1S/C10H16O3S/c1-5-6-7-8-9(11)10(2,3)14(4,12)13/h1H,6-8H2,2-4H3. The summed E-state index contributed by atoms with van der Waals surface area (Å²) in [6.07, 6.45) is 7.39. The predicted octanol–water partition coefficient (Wildman–Crippen LogP) is 1.18. The number of carbonyl (C=O) groups is 1. The maximum absolute atomic E-state index is 11.5. The van der Waals surface area contributed by atoms with E-state index in [1.54, 1.807) is 0 Å². The van der Waals surface area contributed by atoms with E-state index in [9.17, 15) is 13.2 Å². The third-order valence-electron chi connectivity index (χ3n) is 2.32. The summed E-state index contributed by atoms with van der Waals surface area (Å²) in [4.78, 5) is 11.5. The van der Waals surface area contributed by atoms with Crippen molar-refractivity contribution in [3.05, 3.63) is 0 Å². The molecular weight excluding hydrogens is 200 g/mol. The number of unbranched alkanes of at least 4 members (excludes halogenated alkanes) is 1. The molecule has 0 aliphatic heterocycles. The van der Waals surface area contributed by atoms with Crippen LogP contribution in [0.25, 0.3) is 0 Å². The van der Waals surface area contributed by atoms with Gasteiger partial charge < -0.3 is 0 Å². The summed E-state index contributed by atoms with van der Waals surface area (Å²) < 4.78 is 21.2. The fourth-order valence-corrected chi connectivity index (χ4v) is 1.37. The van der Waals surface area contributed by atoms with Gasteiger partial charge in [0.25, 0.3) is 0 Å². The predicted molar refractivity (Wildman–Crippen MR) is 56.6 cm³/mol. The largest absolute Gasteiger partial charge is 0.298 e. The smallest absolute Gasteiger partial charge is 0.159 e. The van der Waals surface area contributed by atoms with Gasteiger partial charge in [-0.25, -0.2) is 8.42 Å². The highest BCUT2D eigenvalue weighted by atomic mass is 32.2. The Morgan fingerprint density at radius 2 is 1.93 bits per heavy atom. The number of ketones is 1. The van der Waals surface area contributed by atoms with Crippen LogP contribution in [-0.2, 0) is 14.6 Å². The maximum atomic E-state index is 11.5. The molecule has 0 aromatic heterocycles. The van der Waals surface area contributed by atoms with E-state index in [4.69, 9.17) is 6.42 Å². The zero-order valence-corrected chi connectivity index (χ0v) is 9.65. The first-order valence-electron chi connectivity index (χ1n) is 4.40. The number of carbonyl (C=O) groups excluding carboxylic acids is 1. The average Bonchev–Trinajstić information content (AvgIpc) is 2.02. The number of terminal acetylenes is 1. The topological polar surface area (TPSA) is 51.2 Å². The van der Waals surface area contributed by atoms with Crippen molar-refractivity contribution in [2.24, 2.45) is 0 Å². The lowest BCUT2D eigenvalue weighted by molar-refractivity contribution is -0.120. The number of rotatable bonds is 5. The van der Waals surface area contributed by atoms with E-state index >= 15 is 0 Å². The van der Waals surface area contributed by atoms with Crippen molar-refractivity contribution in [1.29, 1.82) is 0 Å². The number of sulfone groups is 1. The normalized spacial score (nSPS) is 12.1. The molecule has 0 saturated carbocycles. The Kier molecular flexibility index (Phi) is 4.34. The molecule has 0 rings (SSSR count). The fraction of sp³-hybridized carbons (Fsp3) is 0.700. The molecule has 0 fully saturated rings. The molecule has 0 saturated heterocycles. The number of Topliss-reactive ketones (excluding diaryl/α,β-unsaturated/α-hetero) is 1. The van der Waals surface area contributed by atoms with Gasteiger partial charge in [0.05, 0.1) is 0 Å². The molecular formula is C10H16O3S. The fourth-order valence-electron chi connectivity index (χ4n) is 0.859. The van der Waals surface area contributed by atoms with Crippen molar-refractivity contribution in [1.82, 2.24) is 0 Å². The Bertz CT molecular complexity index is 344. The molecule has 0 radical (unpaired) electrons. The van der Waals surface area contributed by atoms with Crippen LogP contribution in [0.5, 0.6) is 0 Å². The second-order valence-corrected chi connectivity index (χ2v) is 6.33. The maximum Gasteiger partial charge on any atom is 0.159 e. The Labute approximate surface area is 85.8 Å². The lowest BCUT2D eigenvalue weighted by Crippen LogP contribution is -2.39. The molecule has 4 heteroatoms. The lowest BCUT2D eigenvalue weighted by atomic mass is 10.0. The van der Waals surface area contributed by atoms with E-state index in [0.29, 0.717) is 12.8 Å². The zero-order valence-electron chi connectivity index (χ0n) is 8.83. The third kappa shape index (κ3) is 3.15. The first-order valence-corrected chi connectivity index (χ1v) is 6.29. The van der Waals surface area contributed by atoms with E-state index in [2.05, 4.69) is 5.92 Å². The van der Waals surface area contributed by atoms with E-state index in [1.165, 1.54) is 13.8 Å². The number of hydrogen-bond donors (Lipinski definition) is 0. The van der Waals surface area contributed by atoms with E-state index in [0.717, 1.165) is 6.26 Å². The van der Waals surface area contributed by atoms with E-state index in [1.807, 2.05) is 0 Å². The highest BCUT2D eigenvalue weighted by Crippen LogP contribution is 2.19. The minimum atomic E-state index is -3.34. The van der Waals surface area contributed by atoms with Crippen LogP contribution in [0.3, 0.4) is 0 Å². The molecule has 0 unspecified atom stereocenters. The minimum Gasteiger partial charge on any atom is -0.298 e. The third-order valence-corrected chi connectivity index (χ3v) is 4.41. The van der Waals surface area contributed by atoms with E-state index in [-0.39, 0.29) is 12.2 Å². The van der Waals surface area contributed by atoms with Gasteiger partial charge >= 0.3 is 0 Å². The monoisotopic (exact) mass is 216 g/mol. The van der Waals surface area contributed by atoms with Crippen LogP contribution in [-0.4, -0.2) is 25.2 Å². The Hall–Kier alpha value is -0.820. The molecule has 0 aliphatic rings. The van der Waals surface area contributed by atoms with Crippen molar-refractivity contribution >= 4 is 15.6 Å². The van der Waals surface area contributed by atoms with Crippen molar-refractivity contribution in [2.75, 3.05) is 6.26 Å². The summed E-state index contributed by atoms with van der Waals surface area (Å²) >= 11 is 0. The van der Waals surface area contributed by atoms with Crippen molar-refractivity contribution < 1.29 is 13.2 Å². The van der Waals surface area contributed by atoms with Crippen molar-refractivity contribution in [2.45, 2.75) is 37.9 Å². The minimum absolute atomic E-state index is 0.226. The Morgan fingerprint density at radius 3 is 2.29 bits per heavy atom. The molecule has 0 aromatic carbocycles. The van der Waals surface area contributed by atoms with Crippen LogP contribution in [0, 0.1) is 12.3 Å². The molecule has 0 N–H and O–H groups in total. The first-order chi connectivity index (χ1) is 6.23. The van der Waals surface area contributed by atoms with Crippen LogP contribution < -0.4 is 0 Å². The van der Waals surface area contributed by atoms with Crippen molar-refractivity contribution in [3.63, 3.8) is 0 Å². The quantitative estimate of drug-likeness (QED) is 0.512. The van der Waals surface area contributed by atoms with Gasteiger partial charge in [-0.1, -0.05) is 0 Å². The molecule has 0 spiro atoms. The summed E-state index contributed by atoms with van der Waals surface area (Å²) in [5, 5.41) is 0. The molecule has 0 aromatic rings.